The van der Waals surface area contributed by atoms with Crippen LogP contribution in [0.3, 0.4) is 0 Å². The number of para-hydroxylation sites is 1. The molecule has 0 aliphatic carbocycles. The van der Waals surface area contributed by atoms with E-state index in [-0.39, 0.29) is 81.5 Å². The van der Waals surface area contributed by atoms with Crippen LogP contribution >= 0.6 is 21.6 Å². The minimum absolute atomic E-state index is 0.0577. The van der Waals surface area contributed by atoms with E-state index in [1.807, 2.05) is 18.2 Å². The first-order valence-electron chi connectivity index (χ1n) is 25.3. The van der Waals surface area contributed by atoms with Gasteiger partial charge in [-0.05, 0) is 49.8 Å². The Morgan fingerprint density at radius 1 is 0.709 bits per heavy atom. The van der Waals surface area contributed by atoms with E-state index in [4.69, 9.17) is 28.7 Å². The minimum atomic E-state index is -1.40. The fourth-order valence-corrected chi connectivity index (χ4v) is 10.6. The maximum absolute atomic E-state index is 14.7. The predicted octanol–water partition coefficient (Wildman–Crippen LogP) is -3.17. The maximum atomic E-state index is 14.7. The van der Waals surface area contributed by atoms with E-state index < -0.39 is 101 Å². The van der Waals surface area contributed by atoms with Crippen molar-refractivity contribution in [3.63, 3.8) is 0 Å². The van der Waals surface area contributed by atoms with Gasteiger partial charge < -0.3 is 80.8 Å². The second kappa shape index (κ2) is 30.6. The van der Waals surface area contributed by atoms with E-state index in [0.717, 1.165) is 32.5 Å². The third-order valence-electron chi connectivity index (χ3n) is 12.4. The molecule has 27 nitrogen and oxygen atoms in total. The molecule has 5 rings (SSSR count). The van der Waals surface area contributed by atoms with Gasteiger partial charge in [-0.3, -0.25) is 53.1 Å². The number of amides is 9. The summed E-state index contributed by atoms with van der Waals surface area (Å²) in [4.78, 5) is 141. The number of nitrogens with one attached hydrogen (secondary N) is 9. The number of nitrogens with zero attached hydrogens (tertiary/aromatic N) is 4. The van der Waals surface area contributed by atoms with Gasteiger partial charge in [0.15, 0.2) is 11.9 Å². The molecule has 1 aliphatic heterocycles. The highest BCUT2D eigenvalue weighted by Gasteiger charge is 2.35. The van der Waals surface area contributed by atoms with Gasteiger partial charge in [0.1, 0.15) is 48.3 Å². The Labute approximate surface area is 463 Å². The fraction of sp³-hybridized carbons (Fsp3) is 0.440. The van der Waals surface area contributed by atoms with Crippen molar-refractivity contribution in [2.45, 2.75) is 107 Å². The molecule has 0 unspecified atom stereocenters. The number of hydrogen-bond acceptors (Lipinski definition) is 14. The van der Waals surface area contributed by atoms with Crippen LogP contribution in [0.25, 0.3) is 10.9 Å². The molecule has 29 heteroatoms. The highest BCUT2D eigenvalue weighted by atomic mass is 33.1. The average molecular weight is 1130 g/mol. The van der Waals surface area contributed by atoms with Crippen molar-refractivity contribution >= 4 is 97.6 Å². The van der Waals surface area contributed by atoms with Crippen molar-refractivity contribution in [2.75, 3.05) is 24.6 Å². The van der Waals surface area contributed by atoms with Crippen LogP contribution in [0.2, 0.25) is 0 Å². The van der Waals surface area contributed by atoms with Gasteiger partial charge in [0.2, 0.25) is 53.2 Å². The Kier molecular flexibility index (Phi) is 23.8. The minimum Gasteiger partial charge on any atom is -0.370 e. The van der Waals surface area contributed by atoms with Crippen molar-refractivity contribution < 1.29 is 43.2 Å². The van der Waals surface area contributed by atoms with Gasteiger partial charge in [0.05, 0.1) is 6.33 Å². The number of nitrogens with two attached hydrogens (primary N) is 5. The zero-order valence-electron chi connectivity index (χ0n) is 44.0. The molecule has 2 aromatic heterocycles. The molecule has 2 aromatic carbocycles. The van der Waals surface area contributed by atoms with E-state index in [0.29, 0.717) is 16.8 Å². The topological polar surface area (TPSA) is 438 Å². The largest absolute Gasteiger partial charge is 0.370 e. The summed E-state index contributed by atoms with van der Waals surface area (Å²) in [5.74, 6) is -7.93. The van der Waals surface area contributed by atoms with Gasteiger partial charge in [0, 0.05) is 86.8 Å². The van der Waals surface area contributed by atoms with E-state index in [1.165, 1.54) is 26.4 Å². The van der Waals surface area contributed by atoms with Gasteiger partial charge in [-0.25, -0.2) is 4.98 Å². The summed E-state index contributed by atoms with van der Waals surface area (Å²) in [5.41, 5.74) is 30.4. The third kappa shape index (κ3) is 19.9. The Morgan fingerprint density at radius 3 is 1.94 bits per heavy atom. The first kappa shape index (κ1) is 61.5. The molecule has 4 aromatic rings. The van der Waals surface area contributed by atoms with Crippen LogP contribution in [0.4, 0.5) is 0 Å². The number of aryl methyl sites for hydroxylation is 1. The van der Waals surface area contributed by atoms with Crippen LogP contribution in [0.15, 0.2) is 83.3 Å². The summed E-state index contributed by atoms with van der Waals surface area (Å²) in [5, 5.41) is 22.2. The molecule has 0 bridgehead atoms. The smallest absolute Gasteiger partial charge is 0.244 e. The number of carbonyl (C=O) groups excluding carboxylic acids is 9. The highest BCUT2D eigenvalue weighted by Crippen LogP contribution is 2.24. The van der Waals surface area contributed by atoms with Crippen LogP contribution in [-0.2, 0) is 69.5 Å². The number of imidazole rings is 1. The SMILES string of the molecule is CC(=O)N[C@@H](CCCN=C(N)N)C(=O)N[C@H]1CSSC[C@@H](C(N)=O)NC(=O)[C@H](Cc2c[nH]c3ccccc23)NC(=O)[C@H](CCCN=C(N)N)NC(=O)[C@@H](Cc2ccccc2)NC(=O)[C@H](Cc2cncn2C)NC(=O)[C@@H](C)NC1=O. The second-order valence-corrected chi connectivity index (χ2v) is 21.2. The molecule has 1 saturated heterocycles. The number of H-pyrrole nitrogens is 1. The number of benzene rings is 2. The Bertz CT molecular complexity index is 2840. The van der Waals surface area contributed by atoms with Crippen LogP contribution in [0.1, 0.15) is 56.4 Å². The van der Waals surface area contributed by atoms with Crippen molar-refractivity contribution in [3.05, 3.63) is 90.1 Å². The van der Waals surface area contributed by atoms with Gasteiger partial charge in [-0.1, -0.05) is 70.1 Å². The van der Waals surface area contributed by atoms with E-state index in [1.54, 1.807) is 54.2 Å². The number of rotatable bonds is 18. The molecule has 3 heterocycles. The molecule has 19 N–H and O–H groups in total. The lowest BCUT2D eigenvalue weighted by Crippen LogP contribution is -2.61. The van der Waals surface area contributed by atoms with Crippen molar-refractivity contribution in [3.8, 4) is 0 Å². The summed E-state index contributed by atoms with van der Waals surface area (Å²) < 4.78 is 1.63. The maximum Gasteiger partial charge on any atom is 0.244 e. The monoisotopic (exact) mass is 1130 g/mol. The zero-order valence-corrected chi connectivity index (χ0v) is 45.6. The van der Waals surface area contributed by atoms with E-state index in [2.05, 4.69) is 62.5 Å². The van der Waals surface area contributed by atoms with Crippen molar-refractivity contribution in [1.29, 1.82) is 0 Å². The van der Waals surface area contributed by atoms with Crippen molar-refractivity contribution in [1.82, 2.24) is 57.1 Å². The third-order valence-corrected chi connectivity index (χ3v) is 14.8. The summed E-state index contributed by atoms with van der Waals surface area (Å²) in [6.45, 7) is 2.75. The van der Waals surface area contributed by atoms with Crippen LogP contribution in [-0.4, -0.2) is 153 Å². The number of primary amides is 1. The molecule has 0 radical (unpaired) electrons. The number of guanidine groups is 2. The number of aliphatic imine (C=N–C) groups is 2. The molecule has 0 spiro atoms. The van der Waals surface area contributed by atoms with E-state index >= 15 is 0 Å². The number of aromatic amines is 1. The predicted molar refractivity (Wildman–Crippen MR) is 300 cm³/mol. The molecule has 426 valence electrons. The quantitative estimate of drug-likeness (QED) is 0.0202. The molecule has 9 amide bonds. The van der Waals surface area contributed by atoms with Gasteiger partial charge in [-0.15, -0.1) is 0 Å². The lowest BCUT2D eigenvalue weighted by atomic mass is 10.0. The number of fused-ring (bicyclic) bond motifs is 1. The molecule has 1 aliphatic rings. The molecule has 1 fully saturated rings. The standard InChI is InChI=1S/C50H70N18O9S2/c1-27-42(71)63-38(21-31-23-56-26-68(31)3)47(76)64-36(19-29-11-5-4-6-12-29)45(74)62-35(16-10-18-58-50(54)55)44(73)65-37(20-30-22-59-33-14-8-7-13-32(30)33)46(75)66-39(41(51)70)24-78-79-25-40(48(77)60-27)67-43(72)34(61-28(2)69)15-9-17-57-49(52)53/h4-8,11-14,22-23,26-27,34-40,59H,9-10,15-21,24-25H2,1-3H3,(H2,51,70)(H,60,77)(H,61,69)(H,62,74)(H,63,71)(H,64,76)(H,65,73)(H,66,75)(H,67,72)(H4,52,53,57)(H4,54,55,58)/t27-,34+,35+,36-,37+,38+,39+,40+/m1/s1. The summed E-state index contributed by atoms with van der Waals surface area (Å²) >= 11 is 0. The lowest BCUT2D eigenvalue weighted by Gasteiger charge is -2.27. The number of aromatic nitrogens is 3. The normalized spacial score (nSPS) is 21.6. The van der Waals surface area contributed by atoms with Crippen LogP contribution in [0.5, 0.6) is 0 Å². The van der Waals surface area contributed by atoms with Crippen molar-refractivity contribution in [2.24, 2.45) is 45.7 Å². The molecular weight excluding hydrogens is 1060 g/mol. The Hall–Kier alpha value is -8.34. The summed E-state index contributed by atoms with van der Waals surface area (Å²) in [6, 6.07) is 5.19. The Morgan fingerprint density at radius 2 is 1.29 bits per heavy atom. The molecule has 79 heavy (non-hydrogen) atoms. The molecule has 0 saturated carbocycles. The van der Waals surface area contributed by atoms with Gasteiger partial charge in [0.25, 0.3) is 0 Å². The highest BCUT2D eigenvalue weighted by molar-refractivity contribution is 8.76. The number of carbonyl (C=O) groups is 9. The van der Waals surface area contributed by atoms with Crippen LogP contribution in [0, 0.1) is 0 Å². The molecular formula is C50H70N18O9S2. The fourth-order valence-electron chi connectivity index (χ4n) is 8.23. The number of hydrogen-bond donors (Lipinski definition) is 14. The first-order chi connectivity index (χ1) is 37.7. The molecule has 8 atom stereocenters. The zero-order chi connectivity index (χ0) is 57.6. The Balaban J connectivity index is 1.56. The van der Waals surface area contributed by atoms with E-state index in [9.17, 15) is 43.2 Å². The second-order valence-electron chi connectivity index (χ2n) is 18.7. The summed E-state index contributed by atoms with van der Waals surface area (Å²) in [7, 11) is 3.70. The first-order valence-corrected chi connectivity index (χ1v) is 27.8. The average Bonchev–Trinajstić information content (AvgIpc) is 4.07. The van der Waals surface area contributed by atoms with Gasteiger partial charge >= 0.3 is 0 Å². The van der Waals surface area contributed by atoms with Gasteiger partial charge in [-0.2, -0.15) is 0 Å². The summed E-state index contributed by atoms with van der Waals surface area (Å²) in [6.07, 6.45) is 4.75. The van der Waals surface area contributed by atoms with Crippen LogP contribution < -0.4 is 71.2 Å². The lowest BCUT2D eigenvalue weighted by molar-refractivity contribution is -0.135.